The number of rotatable bonds is 6. The Hall–Kier alpha value is -3.27. The molecule has 9 nitrogen and oxygen atoms in total. The topological polar surface area (TPSA) is 122 Å². The SMILES string of the molecule is CCOC(=O)C1=C(CSc2nnc(-c3c[nH]c4ccccc34)o2)NC(=O)NC1C. The molecule has 1 aliphatic rings. The summed E-state index contributed by atoms with van der Waals surface area (Å²) >= 11 is 1.24. The van der Waals surface area contributed by atoms with Crippen LogP contribution in [-0.4, -0.2) is 45.6 Å². The van der Waals surface area contributed by atoms with Crippen molar-refractivity contribution >= 4 is 34.7 Å². The molecule has 2 amide bonds. The quantitative estimate of drug-likeness (QED) is 0.419. The number of aromatic amines is 1. The third-order valence-electron chi connectivity index (χ3n) is 4.43. The molecule has 0 spiro atoms. The highest BCUT2D eigenvalue weighted by molar-refractivity contribution is 7.99. The second-order valence-electron chi connectivity index (χ2n) is 6.34. The molecule has 1 atom stereocenters. The van der Waals surface area contributed by atoms with Gasteiger partial charge in [0.05, 0.1) is 23.8 Å². The molecule has 1 aliphatic heterocycles. The first-order valence-electron chi connectivity index (χ1n) is 9.07. The highest BCUT2D eigenvalue weighted by atomic mass is 32.2. The Balaban J connectivity index is 1.54. The van der Waals surface area contributed by atoms with E-state index in [-0.39, 0.29) is 18.4 Å². The first kappa shape index (κ1) is 19.1. The van der Waals surface area contributed by atoms with Crippen molar-refractivity contribution in [1.29, 1.82) is 0 Å². The van der Waals surface area contributed by atoms with E-state index in [9.17, 15) is 9.59 Å². The van der Waals surface area contributed by atoms with E-state index in [4.69, 9.17) is 9.15 Å². The molecule has 0 aliphatic carbocycles. The number of benzene rings is 1. The van der Waals surface area contributed by atoms with Crippen molar-refractivity contribution < 1.29 is 18.7 Å². The summed E-state index contributed by atoms with van der Waals surface area (Å²) in [5.41, 5.74) is 2.65. The van der Waals surface area contributed by atoms with Gasteiger partial charge in [-0.3, -0.25) is 0 Å². The molecule has 29 heavy (non-hydrogen) atoms. The van der Waals surface area contributed by atoms with Crippen LogP contribution >= 0.6 is 11.8 Å². The second-order valence-corrected chi connectivity index (χ2v) is 7.27. The van der Waals surface area contributed by atoms with Gasteiger partial charge in [0, 0.05) is 28.5 Å². The summed E-state index contributed by atoms with van der Waals surface area (Å²) in [4.78, 5) is 27.3. The molecule has 0 bridgehead atoms. The smallest absolute Gasteiger partial charge is 0.337 e. The predicted octanol–water partition coefficient (Wildman–Crippen LogP) is 2.83. The number of amides is 2. The van der Waals surface area contributed by atoms with E-state index >= 15 is 0 Å². The van der Waals surface area contributed by atoms with E-state index in [0.717, 1.165) is 16.5 Å². The van der Waals surface area contributed by atoms with Crippen LogP contribution in [0.15, 0.2) is 51.4 Å². The lowest BCUT2D eigenvalue weighted by molar-refractivity contribution is -0.138. The molecule has 2 aromatic heterocycles. The van der Waals surface area contributed by atoms with Crippen LogP contribution in [0.25, 0.3) is 22.4 Å². The van der Waals surface area contributed by atoms with E-state index in [0.29, 0.717) is 22.4 Å². The van der Waals surface area contributed by atoms with E-state index in [1.165, 1.54) is 11.8 Å². The number of ether oxygens (including phenoxy) is 1. The maximum Gasteiger partial charge on any atom is 0.337 e. The van der Waals surface area contributed by atoms with Gasteiger partial charge >= 0.3 is 12.0 Å². The zero-order valence-electron chi connectivity index (χ0n) is 15.8. The number of esters is 1. The van der Waals surface area contributed by atoms with Gasteiger partial charge in [-0.1, -0.05) is 30.0 Å². The van der Waals surface area contributed by atoms with Crippen LogP contribution in [-0.2, 0) is 9.53 Å². The standard InChI is InChI=1S/C19H19N5O4S/c1-3-27-17(25)15-10(2)21-18(26)22-14(15)9-29-19-24-23-16(28-19)12-8-20-13-7-5-4-6-11(12)13/h4-8,10,20H,3,9H2,1-2H3,(H2,21,22,26). The average molecular weight is 413 g/mol. The van der Waals surface area contributed by atoms with Crippen molar-refractivity contribution in [2.45, 2.75) is 25.1 Å². The molecular formula is C19H19N5O4S. The lowest BCUT2D eigenvalue weighted by Crippen LogP contribution is -2.49. The Bertz CT molecular complexity index is 1100. The maximum atomic E-state index is 12.3. The zero-order valence-corrected chi connectivity index (χ0v) is 16.6. The molecule has 1 aromatic carbocycles. The van der Waals surface area contributed by atoms with Crippen molar-refractivity contribution in [1.82, 2.24) is 25.8 Å². The number of nitrogens with one attached hydrogen (secondary N) is 3. The van der Waals surface area contributed by atoms with E-state index in [1.54, 1.807) is 13.8 Å². The summed E-state index contributed by atoms with van der Waals surface area (Å²) in [5, 5.41) is 14.9. The van der Waals surface area contributed by atoms with Crippen molar-refractivity contribution in [3.8, 4) is 11.5 Å². The number of fused-ring (bicyclic) bond motifs is 1. The molecule has 0 saturated heterocycles. The molecule has 10 heteroatoms. The summed E-state index contributed by atoms with van der Waals surface area (Å²) in [6.45, 7) is 3.72. The molecule has 3 N–H and O–H groups in total. The summed E-state index contributed by atoms with van der Waals surface area (Å²) < 4.78 is 10.9. The Morgan fingerprint density at radius 2 is 2.14 bits per heavy atom. The number of urea groups is 1. The van der Waals surface area contributed by atoms with Crippen molar-refractivity contribution in [3.05, 3.63) is 41.7 Å². The normalized spacial score (nSPS) is 16.6. The number of thioether (sulfide) groups is 1. The van der Waals surface area contributed by atoms with Crippen LogP contribution < -0.4 is 10.6 Å². The fourth-order valence-electron chi connectivity index (χ4n) is 3.15. The van der Waals surface area contributed by atoms with Crippen LogP contribution in [0, 0.1) is 0 Å². The Labute approximate surface area is 170 Å². The van der Waals surface area contributed by atoms with Crippen molar-refractivity contribution in [2.75, 3.05) is 12.4 Å². The largest absolute Gasteiger partial charge is 0.463 e. The number of hydrogen-bond donors (Lipinski definition) is 3. The highest BCUT2D eigenvalue weighted by Gasteiger charge is 2.30. The maximum absolute atomic E-state index is 12.3. The second kappa shape index (κ2) is 8.00. The molecule has 0 fully saturated rings. The number of aromatic nitrogens is 3. The fourth-order valence-corrected chi connectivity index (χ4v) is 3.88. The van der Waals surface area contributed by atoms with Gasteiger partial charge < -0.3 is 24.8 Å². The zero-order chi connectivity index (χ0) is 20.4. The summed E-state index contributed by atoms with van der Waals surface area (Å²) in [7, 11) is 0. The number of carbonyl (C=O) groups excluding carboxylic acids is 2. The predicted molar refractivity (Wildman–Crippen MR) is 107 cm³/mol. The first-order chi connectivity index (χ1) is 14.1. The molecule has 4 rings (SSSR count). The fraction of sp³-hybridized carbons (Fsp3) is 0.263. The number of H-pyrrole nitrogens is 1. The van der Waals surface area contributed by atoms with Gasteiger partial charge in [-0.15, -0.1) is 10.2 Å². The summed E-state index contributed by atoms with van der Waals surface area (Å²) in [6, 6.07) is 7.00. The molecule has 3 heterocycles. The van der Waals surface area contributed by atoms with Gasteiger partial charge in [0.25, 0.3) is 11.1 Å². The lowest BCUT2D eigenvalue weighted by atomic mass is 10.1. The monoisotopic (exact) mass is 413 g/mol. The third kappa shape index (κ3) is 3.83. The molecule has 1 unspecified atom stereocenters. The van der Waals surface area contributed by atoms with E-state index < -0.39 is 12.0 Å². The Kier molecular flexibility index (Phi) is 5.26. The Morgan fingerprint density at radius 1 is 1.31 bits per heavy atom. The number of carbonyl (C=O) groups is 2. The van der Waals surface area contributed by atoms with Gasteiger partial charge in [0.1, 0.15) is 0 Å². The van der Waals surface area contributed by atoms with Crippen LogP contribution in [0.4, 0.5) is 4.79 Å². The molecule has 150 valence electrons. The summed E-state index contributed by atoms with van der Waals surface area (Å²) in [6.07, 6.45) is 1.82. The molecule has 0 radical (unpaired) electrons. The van der Waals surface area contributed by atoms with Gasteiger partial charge in [0.15, 0.2) is 0 Å². The van der Waals surface area contributed by atoms with Crippen LogP contribution in [0.1, 0.15) is 13.8 Å². The molecule has 3 aromatic rings. The van der Waals surface area contributed by atoms with Crippen LogP contribution in [0.2, 0.25) is 0 Å². The van der Waals surface area contributed by atoms with Crippen LogP contribution in [0.5, 0.6) is 0 Å². The van der Waals surface area contributed by atoms with Crippen LogP contribution in [0.3, 0.4) is 0 Å². The molecular weight excluding hydrogens is 394 g/mol. The average Bonchev–Trinajstić information content (AvgIpc) is 3.32. The lowest BCUT2D eigenvalue weighted by Gasteiger charge is -2.26. The minimum atomic E-state index is -0.465. The van der Waals surface area contributed by atoms with Gasteiger partial charge in [0.2, 0.25) is 0 Å². The summed E-state index contributed by atoms with van der Waals surface area (Å²) in [5.74, 6) is 0.210. The first-order valence-corrected chi connectivity index (χ1v) is 10.1. The van der Waals surface area contributed by atoms with Gasteiger partial charge in [-0.25, -0.2) is 9.59 Å². The van der Waals surface area contributed by atoms with Gasteiger partial charge in [-0.05, 0) is 19.9 Å². The highest BCUT2D eigenvalue weighted by Crippen LogP contribution is 2.30. The van der Waals surface area contributed by atoms with E-state index in [1.807, 2.05) is 30.5 Å². The number of hydrogen-bond acceptors (Lipinski definition) is 7. The third-order valence-corrected chi connectivity index (χ3v) is 5.28. The van der Waals surface area contributed by atoms with Crippen molar-refractivity contribution in [3.63, 3.8) is 0 Å². The van der Waals surface area contributed by atoms with Gasteiger partial charge in [-0.2, -0.15) is 0 Å². The molecule has 0 saturated carbocycles. The minimum absolute atomic E-state index is 0.251. The van der Waals surface area contributed by atoms with Crippen molar-refractivity contribution in [2.24, 2.45) is 0 Å². The van der Waals surface area contributed by atoms with E-state index in [2.05, 4.69) is 25.8 Å². The Morgan fingerprint density at radius 3 is 2.97 bits per heavy atom. The minimum Gasteiger partial charge on any atom is -0.463 e. The number of para-hydroxylation sites is 1. The number of nitrogens with zero attached hydrogens (tertiary/aromatic N) is 2.